The second-order valence-electron chi connectivity index (χ2n) is 5.65. The molecule has 1 aromatic heterocycles. The van der Waals surface area contributed by atoms with Crippen molar-refractivity contribution >= 4 is 29.1 Å². The molecule has 2 fully saturated rings. The van der Waals surface area contributed by atoms with Crippen LogP contribution >= 0.6 is 11.3 Å². The van der Waals surface area contributed by atoms with Gasteiger partial charge >= 0.3 is 0 Å². The molecule has 2 heterocycles. The molecule has 112 valence electrons. The summed E-state index contributed by atoms with van der Waals surface area (Å²) in [6.45, 7) is 4.36. The number of nitrogens with one attached hydrogen (secondary N) is 1. The standard InChI is InChI=1S/C15H18N2O3S/c1-3-17(11-7-13(18)16-14(11)19)15(20)10-6-9(10)12-5-4-8(2)21-12/h4-5,9-11H,3,6-7H2,1-2H3,(H,16,18,19)/t9-,10-,11-/m0/s1. The maximum Gasteiger partial charge on any atom is 0.249 e. The third-order valence-electron chi connectivity index (χ3n) is 4.18. The number of carbonyl (C=O) groups excluding carboxylic acids is 3. The van der Waals surface area contributed by atoms with E-state index in [2.05, 4.69) is 24.4 Å². The molecule has 0 unspecified atom stereocenters. The van der Waals surface area contributed by atoms with E-state index < -0.39 is 6.04 Å². The lowest BCUT2D eigenvalue weighted by atomic mass is 10.1. The van der Waals surface area contributed by atoms with E-state index in [4.69, 9.17) is 0 Å². The maximum absolute atomic E-state index is 12.6. The smallest absolute Gasteiger partial charge is 0.249 e. The molecule has 6 heteroatoms. The Morgan fingerprint density at radius 1 is 1.43 bits per heavy atom. The van der Waals surface area contributed by atoms with Crippen molar-refractivity contribution < 1.29 is 14.4 Å². The van der Waals surface area contributed by atoms with Gasteiger partial charge in [0.05, 0.1) is 6.42 Å². The molecule has 0 radical (unpaired) electrons. The molecular formula is C15H18N2O3S. The topological polar surface area (TPSA) is 66.5 Å². The van der Waals surface area contributed by atoms with Gasteiger partial charge in [-0.1, -0.05) is 0 Å². The van der Waals surface area contributed by atoms with Crippen molar-refractivity contribution in [1.82, 2.24) is 10.2 Å². The zero-order valence-corrected chi connectivity index (χ0v) is 12.9. The number of carbonyl (C=O) groups is 3. The van der Waals surface area contributed by atoms with E-state index in [0.717, 1.165) is 6.42 Å². The predicted octanol–water partition coefficient (Wildman–Crippen LogP) is 1.42. The van der Waals surface area contributed by atoms with Gasteiger partial charge < -0.3 is 4.90 Å². The lowest BCUT2D eigenvalue weighted by Gasteiger charge is -2.25. The molecule has 2 aliphatic rings. The van der Waals surface area contributed by atoms with Gasteiger partial charge in [-0.3, -0.25) is 19.7 Å². The number of imide groups is 1. The molecule has 1 aliphatic carbocycles. The fraction of sp³-hybridized carbons (Fsp3) is 0.533. The van der Waals surface area contributed by atoms with Crippen LogP contribution in [0.25, 0.3) is 0 Å². The van der Waals surface area contributed by atoms with Crippen LogP contribution < -0.4 is 5.32 Å². The largest absolute Gasteiger partial charge is 0.330 e. The predicted molar refractivity (Wildman–Crippen MR) is 78.8 cm³/mol. The number of likely N-dealkylation sites (N-methyl/N-ethyl adjacent to an activating group) is 1. The highest BCUT2D eigenvalue weighted by atomic mass is 32.1. The third-order valence-corrected chi connectivity index (χ3v) is 5.31. The zero-order chi connectivity index (χ0) is 15.1. The van der Waals surface area contributed by atoms with Crippen molar-refractivity contribution in [3.8, 4) is 0 Å². The minimum atomic E-state index is -0.624. The Morgan fingerprint density at radius 2 is 2.19 bits per heavy atom. The molecule has 1 aliphatic heterocycles. The molecule has 1 N–H and O–H groups in total. The van der Waals surface area contributed by atoms with Gasteiger partial charge in [0.2, 0.25) is 17.7 Å². The highest BCUT2D eigenvalue weighted by Gasteiger charge is 2.49. The monoisotopic (exact) mass is 306 g/mol. The molecular weight excluding hydrogens is 288 g/mol. The molecule has 0 spiro atoms. The quantitative estimate of drug-likeness (QED) is 0.856. The van der Waals surface area contributed by atoms with Gasteiger partial charge in [0.25, 0.3) is 0 Å². The van der Waals surface area contributed by atoms with Crippen LogP contribution in [0.5, 0.6) is 0 Å². The van der Waals surface area contributed by atoms with Crippen molar-refractivity contribution in [1.29, 1.82) is 0 Å². The van der Waals surface area contributed by atoms with Crippen LogP contribution in [0.3, 0.4) is 0 Å². The average Bonchev–Trinajstić information content (AvgIpc) is 3.02. The molecule has 0 aromatic carbocycles. The Morgan fingerprint density at radius 3 is 2.71 bits per heavy atom. The molecule has 0 bridgehead atoms. The number of thiophene rings is 1. The van der Waals surface area contributed by atoms with Gasteiger partial charge in [-0.15, -0.1) is 11.3 Å². The van der Waals surface area contributed by atoms with E-state index in [9.17, 15) is 14.4 Å². The minimum Gasteiger partial charge on any atom is -0.330 e. The van der Waals surface area contributed by atoms with E-state index >= 15 is 0 Å². The summed E-state index contributed by atoms with van der Waals surface area (Å²) in [4.78, 5) is 39.7. The van der Waals surface area contributed by atoms with Crippen LogP contribution in [0.4, 0.5) is 0 Å². The van der Waals surface area contributed by atoms with Gasteiger partial charge in [0.15, 0.2) is 0 Å². The zero-order valence-electron chi connectivity index (χ0n) is 12.1. The molecule has 1 saturated heterocycles. The Labute approximate surface area is 127 Å². The van der Waals surface area contributed by atoms with Crippen molar-refractivity contribution in [2.75, 3.05) is 6.54 Å². The van der Waals surface area contributed by atoms with E-state index in [-0.39, 0.29) is 36.0 Å². The SMILES string of the molecule is CCN(C(=O)[C@H]1C[C@@H]1c1ccc(C)s1)[C@H]1CC(=O)NC1=O. The molecule has 21 heavy (non-hydrogen) atoms. The molecule has 3 atom stereocenters. The Balaban J connectivity index is 1.70. The van der Waals surface area contributed by atoms with Crippen molar-refractivity contribution in [2.24, 2.45) is 5.92 Å². The van der Waals surface area contributed by atoms with Crippen molar-refractivity contribution in [3.05, 3.63) is 21.9 Å². The van der Waals surface area contributed by atoms with Crippen LogP contribution in [-0.2, 0) is 14.4 Å². The highest BCUT2D eigenvalue weighted by molar-refractivity contribution is 7.12. The summed E-state index contributed by atoms with van der Waals surface area (Å²) in [5.41, 5.74) is 0. The van der Waals surface area contributed by atoms with Crippen LogP contribution in [0.2, 0.25) is 0 Å². The lowest BCUT2D eigenvalue weighted by Crippen LogP contribution is -2.45. The second-order valence-corrected chi connectivity index (χ2v) is 6.97. The number of rotatable bonds is 4. The maximum atomic E-state index is 12.6. The van der Waals surface area contributed by atoms with Gasteiger partial charge in [-0.25, -0.2) is 0 Å². The number of hydrogen-bond donors (Lipinski definition) is 1. The molecule has 1 aromatic rings. The summed E-state index contributed by atoms with van der Waals surface area (Å²) < 4.78 is 0. The molecule has 1 saturated carbocycles. The van der Waals surface area contributed by atoms with Crippen LogP contribution in [0.1, 0.15) is 35.4 Å². The first kappa shape index (κ1) is 14.3. The lowest BCUT2D eigenvalue weighted by molar-refractivity contribution is -0.139. The number of aryl methyl sites for hydroxylation is 1. The summed E-state index contributed by atoms with van der Waals surface area (Å²) in [6, 6.07) is 3.53. The number of hydrogen-bond acceptors (Lipinski definition) is 4. The van der Waals surface area contributed by atoms with Gasteiger partial charge in [-0.05, 0) is 32.4 Å². The van der Waals surface area contributed by atoms with Crippen molar-refractivity contribution in [2.45, 2.75) is 38.6 Å². The van der Waals surface area contributed by atoms with Crippen LogP contribution in [0, 0.1) is 12.8 Å². The summed E-state index contributed by atoms with van der Waals surface area (Å²) in [5.74, 6) is -0.392. The van der Waals surface area contributed by atoms with Gasteiger partial charge in [0, 0.05) is 28.1 Å². The number of nitrogens with zero attached hydrogens (tertiary/aromatic N) is 1. The summed E-state index contributed by atoms with van der Waals surface area (Å²) in [6.07, 6.45) is 0.936. The minimum absolute atomic E-state index is 0.00315. The highest BCUT2D eigenvalue weighted by Crippen LogP contribution is 2.50. The first-order valence-electron chi connectivity index (χ1n) is 7.21. The summed E-state index contributed by atoms with van der Waals surface area (Å²) in [5, 5.41) is 2.27. The van der Waals surface area contributed by atoms with E-state index in [1.54, 1.807) is 16.2 Å². The normalized spacial score (nSPS) is 27.6. The Hall–Kier alpha value is -1.69. The first-order valence-corrected chi connectivity index (χ1v) is 8.03. The molecule has 3 amide bonds. The van der Waals surface area contributed by atoms with Crippen LogP contribution in [-0.4, -0.2) is 35.2 Å². The molecule has 5 nitrogen and oxygen atoms in total. The fourth-order valence-electron chi connectivity index (χ4n) is 2.97. The first-order chi connectivity index (χ1) is 10.0. The molecule has 3 rings (SSSR count). The van der Waals surface area contributed by atoms with E-state index in [1.165, 1.54) is 9.75 Å². The van der Waals surface area contributed by atoms with Gasteiger partial charge in [-0.2, -0.15) is 0 Å². The van der Waals surface area contributed by atoms with E-state index in [0.29, 0.717) is 6.54 Å². The Bertz CT molecular complexity index is 610. The average molecular weight is 306 g/mol. The van der Waals surface area contributed by atoms with Crippen molar-refractivity contribution in [3.63, 3.8) is 0 Å². The van der Waals surface area contributed by atoms with E-state index in [1.807, 2.05) is 6.92 Å². The number of amides is 3. The second kappa shape index (κ2) is 5.26. The summed E-state index contributed by atoms with van der Waals surface area (Å²) in [7, 11) is 0. The van der Waals surface area contributed by atoms with Gasteiger partial charge in [0.1, 0.15) is 6.04 Å². The van der Waals surface area contributed by atoms with Crippen LogP contribution in [0.15, 0.2) is 12.1 Å². The Kier molecular flexibility index (Phi) is 3.57. The third kappa shape index (κ3) is 2.60. The fourth-order valence-corrected chi connectivity index (χ4v) is 4.03. The summed E-state index contributed by atoms with van der Waals surface area (Å²) >= 11 is 1.73.